The zero-order valence-electron chi connectivity index (χ0n) is 9.74. The van der Waals surface area contributed by atoms with Crippen molar-refractivity contribution in [2.75, 3.05) is 12.8 Å². The Morgan fingerprint density at radius 1 is 1.50 bits per heavy atom. The summed E-state index contributed by atoms with van der Waals surface area (Å²) < 4.78 is 20.5. The monoisotopic (exact) mass is 315 g/mol. The Hall–Kier alpha value is -1.76. The van der Waals surface area contributed by atoms with E-state index in [1.165, 1.54) is 17.9 Å². The van der Waals surface area contributed by atoms with Crippen LogP contribution in [0.1, 0.15) is 0 Å². The summed E-state index contributed by atoms with van der Waals surface area (Å²) in [4.78, 5) is 0. The average molecular weight is 316 g/mol. The minimum Gasteiger partial charge on any atom is -0.504 e. The van der Waals surface area contributed by atoms with E-state index in [0.717, 1.165) is 0 Å². The number of anilines is 1. The fourth-order valence-corrected chi connectivity index (χ4v) is 2.00. The van der Waals surface area contributed by atoms with Crippen LogP contribution in [0.3, 0.4) is 0 Å². The van der Waals surface area contributed by atoms with Gasteiger partial charge in [-0.2, -0.15) is 9.49 Å². The average Bonchev–Trinajstić information content (AvgIpc) is 2.66. The van der Waals surface area contributed by atoms with Gasteiger partial charge in [-0.05, 0) is 22.0 Å². The van der Waals surface area contributed by atoms with Crippen molar-refractivity contribution in [3.05, 3.63) is 22.4 Å². The molecule has 0 saturated carbocycles. The Labute approximate surface area is 111 Å². The smallest absolute Gasteiger partial charge is 0.208 e. The van der Waals surface area contributed by atoms with Crippen molar-refractivity contribution in [2.24, 2.45) is 7.05 Å². The van der Waals surface area contributed by atoms with Crippen LogP contribution < -0.4 is 10.5 Å². The van der Waals surface area contributed by atoms with E-state index >= 15 is 0 Å². The number of nitrogen functional groups attached to an aromatic ring is 1. The Morgan fingerprint density at radius 3 is 2.67 bits per heavy atom. The zero-order chi connectivity index (χ0) is 13.4. The molecule has 0 aliphatic rings. The molecule has 0 atom stereocenters. The Kier molecular flexibility index (Phi) is 3.16. The fourth-order valence-electron chi connectivity index (χ4n) is 1.59. The summed E-state index contributed by atoms with van der Waals surface area (Å²) in [7, 11) is 3.00. The number of rotatable bonds is 2. The van der Waals surface area contributed by atoms with Crippen LogP contribution in [0.5, 0.6) is 11.5 Å². The van der Waals surface area contributed by atoms with Crippen LogP contribution in [0.4, 0.5) is 10.2 Å². The standard InChI is InChI=1S/C11H11BrFN3O2/c1-16-8(14)4-7(15-16)5-3-6(12)10(17)9(13)11(5)18-2/h3-4,17H,14H2,1-2H3. The first-order valence-corrected chi connectivity index (χ1v) is 5.79. The van der Waals surface area contributed by atoms with Gasteiger partial charge >= 0.3 is 0 Å². The van der Waals surface area contributed by atoms with Crippen molar-refractivity contribution < 1.29 is 14.2 Å². The number of phenolic OH excluding ortho intramolecular Hbond substituents is 1. The van der Waals surface area contributed by atoms with Crippen LogP contribution in [-0.2, 0) is 7.05 Å². The van der Waals surface area contributed by atoms with Gasteiger partial charge in [-0.15, -0.1) is 0 Å². The highest BCUT2D eigenvalue weighted by molar-refractivity contribution is 9.10. The second-order valence-electron chi connectivity index (χ2n) is 3.68. The summed E-state index contributed by atoms with van der Waals surface area (Å²) in [5, 5.41) is 13.6. The van der Waals surface area contributed by atoms with Gasteiger partial charge in [0.2, 0.25) is 5.82 Å². The number of hydrogen-bond donors (Lipinski definition) is 2. The molecule has 1 aromatic heterocycles. The summed E-state index contributed by atoms with van der Waals surface area (Å²) in [6.45, 7) is 0. The van der Waals surface area contributed by atoms with Crippen LogP contribution >= 0.6 is 15.9 Å². The van der Waals surface area contributed by atoms with Crippen molar-refractivity contribution in [3.63, 3.8) is 0 Å². The lowest BCUT2D eigenvalue weighted by Gasteiger charge is -2.10. The number of hydrogen-bond acceptors (Lipinski definition) is 4. The predicted molar refractivity (Wildman–Crippen MR) is 68.9 cm³/mol. The molecule has 18 heavy (non-hydrogen) atoms. The fraction of sp³-hybridized carbons (Fsp3) is 0.182. The SMILES string of the molecule is COc1c(-c2cc(N)n(C)n2)cc(Br)c(O)c1F. The molecule has 0 aliphatic carbocycles. The number of methoxy groups -OCH3 is 1. The maximum Gasteiger partial charge on any atom is 0.208 e. The topological polar surface area (TPSA) is 73.3 Å². The van der Waals surface area contributed by atoms with Gasteiger partial charge in [-0.1, -0.05) is 0 Å². The van der Waals surface area contributed by atoms with Crippen LogP contribution in [-0.4, -0.2) is 22.0 Å². The molecule has 1 heterocycles. The Bertz CT molecular complexity index is 593. The molecule has 2 aromatic rings. The lowest BCUT2D eigenvalue weighted by Crippen LogP contribution is -1.97. The molecule has 0 amide bonds. The molecule has 2 rings (SSSR count). The van der Waals surface area contributed by atoms with E-state index in [0.29, 0.717) is 17.1 Å². The number of nitrogens with two attached hydrogens (primary N) is 1. The van der Waals surface area contributed by atoms with Crippen molar-refractivity contribution in [2.45, 2.75) is 0 Å². The number of aryl methyl sites for hydroxylation is 1. The number of phenols is 1. The number of nitrogens with zero attached hydrogens (tertiary/aromatic N) is 2. The lowest BCUT2D eigenvalue weighted by molar-refractivity contribution is 0.364. The van der Waals surface area contributed by atoms with Crippen LogP contribution in [0.2, 0.25) is 0 Å². The molecule has 0 aliphatic heterocycles. The number of aromatic nitrogens is 2. The first-order chi connectivity index (χ1) is 8.45. The molecule has 0 radical (unpaired) electrons. The molecular weight excluding hydrogens is 305 g/mol. The number of ether oxygens (including phenoxy) is 1. The molecule has 0 unspecified atom stereocenters. The maximum atomic E-state index is 13.8. The highest BCUT2D eigenvalue weighted by atomic mass is 79.9. The summed E-state index contributed by atoms with van der Waals surface area (Å²) >= 11 is 3.07. The zero-order valence-corrected chi connectivity index (χ0v) is 11.3. The van der Waals surface area contributed by atoms with Crippen LogP contribution in [0, 0.1) is 5.82 Å². The first-order valence-electron chi connectivity index (χ1n) is 5.00. The summed E-state index contributed by atoms with van der Waals surface area (Å²) in [5.74, 6) is -0.976. The lowest BCUT2D eigenvalue weighted by atomic mass is 10.1. The molecule has 5 nitrogen and oxygen atoms in total. The Morgan fingerprint density at radius 2 is 2.17 bits per heavy atom. The van der Waals surface area contributed by atoms with E-state index in [2.05, 4.69) is 21.0 Å². The highest BCUT2D eigenvalue weighted by Crippen LogP contribution is 2.41. The molecule has 0 spiro atoms. The van der Waals surface area contributed by atoms with Crippen LogP contribution in [0.25, 0.3) is 11.3 Å². The maximum absolute atomic E-state index is 13.8. The van der Waals surface area contributed by atoms with E-state index in [9.17, 15) is 9.50 Å². The van der Waals surface area contributed by atoms with Crippen molar-refractivity contribution >= 4 is 21.7 Å². The Balaban J connectivity index is 2.70. The first kappa shape index (κ1) is 12.7. The third kappa shape index (κ3) is 1.90. The van der Waals surface area contributed by atoms with Gasteiger partial charge in [0, 0.05) is 18.7 Å². The third-order valence-corrected chi connectivity index (χ3v) is 3.15. The van der Waals surface area contributed by atoms with Gasteiger partial charge in [0.1, 0.15) is 5.82 Å². The van der Waals surface area contributed by atoms with Crippen molar-refractivity contribution in [1.82, 2.24) is 9.78 Å². The molecule has 0 fully saturated rings. The van der Waals surface area contributed by atoms with Gasteiger partial charge in [-0.25, -0.2) is 0 Å². The largest absolute Gasteiger partial charge is 0.504 e. The molecule has 0 saturated heterocycles. The molecular formula is C11H11BrFN3O2. The van der Waals surface area contributed by atoms with Gasteiger partial charge in [0.05, 0.1) is 17.3 Å². The normalized spacial score (nSPS) is 10.7. The second-order valence-corrected chi connectivity index (χ2v) is 4.53. The second kappa shape index (κ2) is 4.49. The van der Waals surface area contributed by atoms with E-state index in [4.69, 9.17) is 10.5 Å². The van der Waals surface area contributed by atoms with Crippen LogP contribution in [0.15, 0.2) is 16.6 Å². The molecule has 96 valence electrons. The third-order valence-electron chi connectivity index (χ3n) is 2.55. The number of aromatic hydroxyl groups is 1. The van der Waals surface area contributed by atoms with Gasteiger partial charge in [0.15, 0.2) is 11.5 Å². The van der Waals surface area contributed by atoms with E-state index in [1.807, 2.05) is 0 Å². The van der Waals surface area contributed by atoms with E-state index < -0.39 is 11.6 Å². The number of benzene rings is 1. The molecule has 7 heteroatoms. The summed E-state index contributed by atoms with van der Waals surface area (Å²) in [6, 6.07) is 3.12. The van der Waals surface area contributed by atoms with Gasteiger partial charge in [-0.3, -0.25) is 4.68 Å². The summed E-state index contributed by atoms with van der Waals surface area (Å²) in [5.41, 5.74) is 6.55. The quantitative estimate of drug-likeness (QED) is 0.891. The molecule has 0 bridgehead atoms. The van der Waals surface area contributed by atoms with Crippen molar-refractivity contribution in [3.8, 4) is 22.8 Å². The highest BCUT2D eigenvalue weighted by Gasteiger charge is 2.20. The minimum absolute atomic E-state index is 0.0752. The van der Waals surface area contributed by atoms with Crippen molar-refractivity contribution in [1.29, 1.82) is 0 Å². The minimum atomic E-state index is -0.842. The molecule has 3 N–H and O–H groups in total. The summed E-state index contributed by atoms with van der Waals surface area (Å²) in [6.07, 6.45) is 0. The van der Waals surface area contributed by atoms with Gasteiger partial charge < -0.3 is 15.6 Å². The molecule has 1 aromatic carbocycles. The van der Waals surface area contributed by atoms with E-state index in [-0.39, 0.29) is 10.2 Å². The predicted octanol–water partition coefficient (Wildman–Crippen LogP) is 2.29. The van der Waals surface area contributed by atoms with Gasteiger partial charge in [0.25, 0.3) is 0 Å². The van der Waals surface area contributed by atoms with E-state index in [1.54, 1.807) is 13.1 Å². The number of halogens is 2.